The number of benzene rings is 3. The Bertz CT molecular complexity index is 1230. The third-order valence-electron chi connectivity index (χ3n) is 4.67. The van der Waals surface area contributed by atoms with E-state index in [1.54, 1.807) is 6.08 Å². The maximum Gasteiger partial charge on any atom is 0.266 e. The number of ether oxygens (including phenoxy) is 1. The van der Waals surface area contributed by atoms with Crippen molar-refractivity contribution in [3.63, 3.8) is 0 Å². The quantitative estimate of drug-likeness (QED) is 0.177. The van der Waals surface area contributed by atoms with E-state index in [9.17, 15) is 10.1 Å². The molecule has 0 aliphatic heterocycles. The van der Waals surface area contributed by atoms with Crippen LogP contribution in [0.25, 0.3) is 6.08 Å². The first-order valence-electron chi connectivity index (χ1n) is 9.64. The van der Waals surface area contributed by atoms with E-state index in [-0.39, 0.29) is 5.57 Å². The zero-order valence-corrected chi connectivity index (χ0v) is 21.9. The molecule has 3 rings (SSSR count). The fourth-order valence-electron chi connectivity index (χ4n) is 2.94. The van der Waals surface area contributed by atoms with Crippen molar-refractivity contribution >= 4 is 67.8 Å². The predicted molar refractivity (Wildman–Crippen MR) is 141 cm³/mol. The van der Waals surface area contributed by atoms with Crippen LogP contribution in [0.2, 0.25) is 5.02 Å². The number of halogens is 3. The highest BCUT2D eigenvalue weighted by atomic mass is 127. The minimum atomic E-state index is -0.452. The molecular weight excluding hydrogens is 603 g/mol. The summed E-state index contributed by atoms with van der Waals surface area (Å²) in [6, 6.07) is 19.0. The van der Waals surface area contributed by atoms with E-state index < -0.39 is 5.91 Å². The summed E-state index contributed by atoms with van der Waals surface area (Å²) < 4.78 is 7.52. The van der Waals surface area contributed by atoms with Crippen LogP contribution in [-0.2, 0) is 11.4 Å². The predicted octanol–water partition coefficient (Wildman–Crippen LogP) is 7.45. The van der Waals surface area contributed by atoms with Crippen LogP contribution >= 0.6 is 50.1 Å². The van der Waals surface area contributed by atoms with Crippen molar-refractivity contribution in [2.45, 2.75) is 20.5 Å². The number of aryl methyl sites for hydroxylation is 2. The summed E-state index contributed by atoms with van der Waals surface area (Å²) in [6.45, 7) is 4.18. The van der Waals surface area contributed by atoms with Crippen LogP contribution in [0.1, 0.15) is 22.3 Å². The minimum absolute atomic E-state index is 0.0124. The first-order chi connectivity index (χ1) is 15.3. The van der Waals surface area contributed by atoms with Crippen molar-refractivity contribution in [2.24, 2.45) is 0 Å². The molecule has 0 atom stereocenters. The second-order valence-corrected chi connectivity index (χ2v) is 9.56. The number of hydrogen-bond acceptors (Lipinski definition) is 3. The second kappa shape index (κ2) is 11.0. The Hall–Kier alpha value is -2.34. The normalized spacial score (nSPS) is 11.1. The smallest absolute Gasteiger partial charge is 0.266 e. The molecule has 3 aromatic carbocycles. The summed E-state index contributed by atoms with van der Waals surface area (Å²) in [5.74, 6) is 0.215. The Morgan fingerprint density at radius 1 is 1.22 bits per heavy atom. The van der Waals surface area contributed by atoms with Crippen LogP contribution in [-0.4, -0.2) is 5.91 Å². The lowest BCUT2D eigenvalue weighted by molar-refractivity contribution is -0.112. The van der Waals surface area contributed by atoms with Crippen molar-refractivity contribution in [3.8, 4) is 11.8 Å². The van der Waals surface area contributed by atoms with Crippen LogP contribution in [0.15, 0.2) is 64.6 Å². The van der Waals surface area contributed by atoms with Crippen molar-refractivity contribution < 1.29 is 9.53 Å². The summed E-state index contributed by atoms with van der Waals surface area (Å²) in [7, 11) is 0. The number of hydrogen-bond donors (Lipinski definition) is 1. The molecule has 0 saturated heterocycles. The summed E-state index contributed by atoms with van der Waals surface area (Å²) in [4.78, 5) is 12.7. The van der Waals surface area contributed by atoms with Gasteiger partial charge in [-0.15, -0.1) is 0 Å². The van der Waals surface area contributed by atoms with E-state index in [1.165, 1.54) is 0 Å². The molecule has 32 heavy (non-hydrogen) atoms. The molecular formula is C25H19BrClIN2O2. The Morgan fingerprint density at radius 2 is 1.97 bits per heavy atom. The third kappa shape index (κ3) is 6.12. The zero-order valence-electron chi connectivity index (χ0n) is 17.4. The Balaban J connectivity index is 1.80. The number of nitrogens with one attached hydrogen (secondary N) is 1. The van der Waals surface area contributed by atoms with Crippen LogP contribution in [0, 0.1) is 28.7 Å². The van der Waals surface area contributed by atoms with E-state index in [0.29, 0.717) is 28.6 Å². The molecule has 1 N–H and O–H groups in total. The van der Waals surface area contributed by atoms with Gasteiger partial charge in [-0.1, -0.05) is 41.9 Å². The van der Waals surface area contributed by atoms with Gasteiger partial charge in [0.2, 0.25) is 0 Å². The van der Waals surface area contributed by atoms with Gasteiger partial charge in [0.1, 0.15) is 24.0 Å². The Kier molecular flexibility index (Phi) is 8.35. The Labute approximate surface area is 214 Å². The van der Waals surface area contributed by atoms with Crippen molar-refractivity contribution in [2.75, 3.05) is 5.32 Å². The van der Waals surface area contributed by atoms with Gasteiger partial charge in [-0.3, -0.25) is 4.79 Å². The largest absolute Gasteiger partial charge is 0.487 e. The van der Waals surface area contributed by atoms with Gasteiger partial charge >= 0.3 is 0 Å². The molecule has 0 bridgehead atoms. The first-order valence-corrected chi connectivity index (χ1v) is 11.9. The van der Waals surface area contributed by atoms with Crippen LogP contribution in [0.3, 0.4) is 0 Å². The molecule has 4 nitrogen and oxygen atoms in total. The van der Waals surface area contributed by atoms with Crippen molar-refractivity contribution in [3.05, 3.63) is 95.5 Å². The summed E-state index contributed by atoms with van der Waals surface area (Å²) >= 11 is 11.9. The van der Waals surface area contributed by atoms with Crippen LogP contribution in [0.5, 0.6) is 5.75 Å². The van der Waals surface area contributed by atoms with E-state index in [1.807, 2.05) is 74.5 Å². The second-order valence-electron chi connectivity index (χ2n) is 7.14. The number of rotatable bonds is 6. The highest BCUT2D eigenvalue weighted by Gasteiger charge is 2.14. The molecule has 1 amide bonds. The maximum absolute atomic E-state index is 12.7. The summed E-state index contributed by atoms with van der Waals surface area (Å²) in [5, 5.41) is 13.0. The molecule has 0 aliphatic rings. The number of amides is 1. The monoisotopic (exact) mass is 620 g/mol. The maximum atomic E-state index is 12.7. The van der Waals surface area contributed by atoms with Crippen LogP contribution < -0.4 is 10.1 Å². The lowest BCUT2D eigenvalue weighted by Crippen LogP contribution is -2.14. The molecule has 0 spiro atoms. The van der Waals surface area contributed by atoms with Gasteiger partial charge in [0, 0.05) is 16.3 Å². The lowest BCUT2D eigenvalue weighted by Gasteiger charge is -2.12. The van der Waals surface area contributed by atoms with E-state index in [0.717, 1.165) is 24.7 Å². The fourth-order valence-corrected chi connectivity index (χ4v) is 4.90. The lowest BCUT2D eigenvalue weighted by atomic mass is 10.1. The van der Waals surface area contributed by atoms with Gasteiger partial charge in [0.25, 0.3) is 5.91 Å². The summed E-state index contributed by atoms with van der Waals surface area (Å²) in [6.07, 6.45) is 1.56. The topological polar surface area (TPSA) is 62.1 Å². The van der Waals surface area contributed by atoms with E-state index >= 15 is 0 Å². The molecule has 7 heteroatoms. The number of nitriles is 1. The highest BCUT2D eigenvalue weighted by molar-refractivity contribution is 14.1. The average molecular weight is 622 g/mol. The molecule has 0 radical (unpaired) electrons. The number of nitrogens with zero attached hydrogens (tertiary/aromatic N) is 1. The number of carbonyl (C=O) groups is 1. The van der Waals surface area contributed by atoms with Crippen molar-refractivity contribution in [1.82, 2.24) is 0 Å². The zero-order chi connectivity index (χ0) is 23.3. The third-order valence-corrected chi connectivity index (χ3v) is 6.43. The first kappa shape index (κ1) is 24.3. The molecule has 3 aromatic rings. The molecule has 0 aromatic heterocycles. The van der Waals surface area contributed by atoms with Crippen molar-refractivity contribution in [1.29, 1.82) is 5.26 Å². The molecule has 0 fully saturated rings. The van der Waals surface area contributed by atoms with Gasteiger partial charge in [0.05, 0.1) is 8.04 Å². The molecule has 0 aliphatic carbocycles. The van der Waals surface area contributed by atoms with E-state index in [4.69, 9.17) is 16.3 Å². The standard InChI is InChI=1S/C25H19BrClIN2O2/c1-15-7-8-16(2)23(9-15)30-25(31)19(13-29)10-17-11-20(26)24(22(28)12-17)32-14-18-5-3-4-6-21(18)27/h3-12H,14H2,1-2H3,(H,30,31)/b19-10+. The molecule has 0 heterocycles. The molecule has 0 unspecified atom stereocenters. The van der Waals surface area contributed by atoms with Gasteiger partial charge in [0.15, 0.2) is 0 Å². The number of anilines is 1. The van der Waals surface area contributed by atoms with Gasteiger partial charge in [-0.05, 0) is 99.4 Å². The summed E-state index contributed by atoms with van der Waals surface area (Å²) in [5.41, 5.74) is 4.25. The minimum Gasteiger partial charge on any atom is -0.487 e. The Morgan fingerprint density at radius 3 is 2.66 bits per heavy atom. The fraction of sp³-hybridized carbons (Fsp3) is 0.120. The van der Waals surface area contributed by atoms with Gasteiger partial charge < -0.3 is 10.1 Å². The highest BCUT2D eigenvalue weighted by Crippen LogP contribution is 2.34. The SMILES string of the molecule is Cc1ccc(C)c(NC(=O)/C(C#N)=C/c2cc(Br)c(OCc3ccccc3Cl)c(I)c2)c1. The van der Waals surface area contributed by atoms with Gasteiger partial charge in [-0.25, -0.2) is 0 Å². The van der Waals surface area contributed by atoms with Crippen LogP contribution in [0.4, 0.5) is 5.69 Å². The average Bonchev–Trinajstić information content (AvgIpc) is 2.75. The van der Waals surface area contributed by atoms with Gasteiger partial charge in [-0.2, -0.15) is 5.26 Å². The molecule has 0 saturated carbocycles. The molecule has 162 valence electrons. The number of carbonyl (C=O) groups excluding carboxylic acids is 1. The van der Waals surface area contributed by atoms with E-state index in [2.05, 4.69) is 43.8 Å².